The highest BCUT2D eigenvalue weighted by molar-refractivity contribution is 6.32. The molecule has 2 heterocycles. The van der Waals surface area contributed by atoms with Crippen LogP contribution in [-0.2, 0) is 9.47 Å². The molecule has 2 aliphatic rings. The maximum Gasteiger partial charge on any atom is 0.282 e. The number of nitrogens with zero attached hydrogens (tertiary/aromatic N) is 2. The van der Waals surface area contributed by atoms with Gasteiger partial charge in [-0.2, -0.15) is 0 Å². The molecule has 12 heteroatoms. The highest BCUT2D eigenvalue weighted by atomic mass is 35.5. The fourth-order valence-corrected chi connectivity index (χ4v) is 3.17. The van der Waals surface area contributed by atoms with E-state index in [1.54, 1.807) is 0 Å². The van der Waals surface area contributed by atoms with Crippen molar-refractivity contribution >= 4 is 23.6 Å². The number of rotatable bonds is 8. The lowest BCUT2D eigenvalue weighted by molar-refractivity contribution is 0.262. The zero-order valence-corrected chi connectivity index (χ0v) is 18.8. The summed E-state index contributed by atoms with van der Waals surface area (Å²) in [7, 11) is 0. The van der Waals surface area contributed by atoms with Crippen LogP contribution in [0.5, 0.6) is 11.5 Å². The van der Waals surface area contributed by atoms with Crippen LogP contribution in [0.3, 0.4) is 0 Å². The molecule has 0 aliphatic carbocycles. The number of benzene rings is 2. The molecule has 4 N–H and O–H groups in total. The minimum absolute atomic E-state index is 0.0224. The lowest BCUT2D eigenvalue weighted by Crippen LogP contribution is -2.12. The number of ether oxygens (including phenoxy) is 4. The summed E-state index contributed by atoms with van der Waals surface area (Å²) in [5, 5.41) is 0.260. The van der Waals surface area contributed by atoms with Crippen LogP contribution in [-0.4, -0.2) is 50.6 Å². The van der Waals surface area contributed by atoms with Gasteiger partial charge in [-0.1, -0.05) is 11.6 Å². The summed E-state index contributed by atoms with van der Waals surface area (Å²) in [6, 6.07) is 7.83. The van der Waals surface area contributed by atoms with E-state index >= 15 is 0 Å². The summed E-state index contributed by atoms with van der Waals surface area (Å²) < 4.78 is 58.9. The van der Waals surface area contributed by atoms with Gasteiger partial charge in [0.15, 0.2) is 11.6 Å². The third-order valence-corrected chi connectivity index (χ3v) is 4.98. The summed E-state index contributed by atoms with van der Waals surface area (Å²) in [6.45, 7) is 1.69. The molecular weight excluding hydrogens is 477 g/mol. The van der Waals surface area contributed by atoms with Crippen LogP contribution in [0.2, 0.25) is 5.02 Å². The Kier molecular flexibility index (Phi) is 9.08. The SMILES string of the molecule is NC1=N[C@@H](CCOc2ccc(F)c(F)c2)CO1.NC1=N[C@@H](CCOc2ccc(F)cc2Cl)CO1. The first-order valence-electron chi connectivity index (χ1n) is 10.4. The van der Waals surface area contributed by atoms with Crippen LogP contribution >= 0.6 is 11.6 Å². The highest BCUT2D eigenvalue weighted by Crippen LogP contribution is 2.25. The Morgan fingerprint density at radius 2 is 1.47 bits per heavy atom. The van der Waals surface area contributed by atoms with E-state index in [0.717, 1.165) is 12.1 Å². The summed E-state index contributed by atoms with van der Waals surface area (Å²) >= 11 is 5.81. The van der Waals surface area contributed by atoms with E-state index in [2.05, 4.69) is 9.98 Å². The summed E-state index contributed by atoms with van der Waals surface area (Å²) in [5.41, 5.74) is 10.7. The van der Waals surface area contributed by atoms with Gasteiger partial charge in [0.2, 0.25) is 0 Å². The second-order valence-electron chi connectivity index (χ2n) is 7.29. The fraction of sp³-hybridized carbons (Fsp3) is 0.364. The third kappa shape index (κ3) is 7.91. The van der Waals surface area contributed by atoms with E-state index in [-0.39, 0.29) is 35.0 Å². The van der Waals surface area contributed by atoms with Gasteiger partial charge in [-0.05, 0) is 30.3 Å². The predicted molar refractivity (Wildman–Crippen MR) is 121 cm³/mol. The zero-order chi connectivity index (χ0) is 24.5. The van der Waals surface area contributed by atoms with Crippen molar-refractivity contribution in [1.82, 2.24) is 0 Å². The van der Waals surface area contributed by atoms with Gasteiger partial charge in [0, 0.05) is 18.9 Å². The first-order valence-corrected chi connectivity index (χ1v) is 10.8. The Balaban J connectivity index is 0.000000191. The smallest absolute Gasteiger partial charge is 0.282 e. The van der Waals surface area contributed by atoms with Gasteiger partial charge in [-0.15, -0.1) is 0 Å². The summed E-state index contributed by atoms with van der Waals surface area (Å²) in [4.78, 5) is 8.06. The summed E-state index contributed by atoms with van der Waals surface area (Å²) in [6.07, 6.45) is 1.29. The van der Waals surface area contributed by atoms with Crippen LogP contribution in [0, 0.1) is 17.5 Å². The molecule has 34 heavy (non-hydrogen) atoms. The normalized spacial score (nSPS) is 18.7. The molecule has 0 saturated carbocycles. The topological polar surface area (TPSA) is 114 Å². The van der Waals surface area contributed by atoms with Crippen molar-refractivity contribution in [3.05, 3.63) is 58.9 Å². The van der Waals surface area contributed by atoms with Gasteiger partial charge < -0.3 is 30.4 Å². The van der Waals surface area contributed by atoms with Crippen LogP contribution < -0.4 is 20.9 Å². The number of amidine groups is 2. The Morgan fingerprint density at radius 3 is 2.00 bits per heavy atom. The van der Waals surface area contributed by atoms with Crippen molar-refractivity contribution in [2.45, 2.75) is 24.9 Å². The van der Waals surface area contributed by atoms with E-state index in [1.807, 2.05) is 0 Å². The standard InChI is InChI=1S/C11H12ClFN2O2.C11H12F2N2O2/c12-9-5-7(13)1-2-10(9)16-4-3-8-6-17-11(14)15-8;12-9-2-1-8(5-10(9)13)16-4-3-7-6-17-11(14)15-7/h1-2,5,8H,3-4,6H2,(H2,14,15);1-2,5,7H,3-4,6H2,(H2,14,15)/t8-;7-/m00/s1. The van der Waals surface area contributed by atoms with Crippen LogP contribution in [0.15, 0.2) is 46.4 Å². The van der Waals surface area contributed by atoms with Crippen molar-refractivity contribution in [2.24, 2.45) is 21.5 Å². The Hall–Kier alpha value is -3.34. The molecule has 2 aromatic carbocycles. The molecule has 0 aromatic heterocycles. The summed E-state index contributed by atoms with van der Waals surface area (Å²) in [5.74, 6) is -1.44. The molecule has 0 saturated heterocycles. The average Bonchev–Trinajstić information content (AvgIpc) is 3.40. The van der Waals surface area contributed by atoms with Crippen molar-refractivity contribution in [1.29, 1.82) is 0 Å². The zero-order valence-electron chi connectivity index (χ0n) is 18.1. The number of hydrogen-bond acceptors (Lipinski definition) is 8. The Labute approximate surface area is 199 Å². The monoisotopic (exact) mass is 500 g/mol. The average molecular weight is 501 g/mol. The Bertz CT molecular complexity index is 1040. The number of nitrogens with two attached hydrogens (primary N) is 2. The van der Waals surface area contributed by atoms with E-state index in [1.165, 1.54) is 24.3 Å². The van der Waals surface area contributed by atoms with Gasteiger partial charge >= 0.3 is 0 Å². The fourth-order valence-electron chi connectivity index (χ4n) is 2.94. The Morgan fingerprint density at radius 1 is 0.853 bits per heavy atom. The van der Waals surface area contributed by atoms with Crippen molar-refractivity contribution in [3.8, 4) is 11.5 Å². The minimum atomic E-state index is -0.922. The molecular formula is C22H24ClF3N4O4. The molecule has 0 amide bonds. The number of aliphatic imine (C=N–C) groups is 2. The maximum absolute atomic E-state index is 12.8. The number of halogens is 4. The maximum atomic E-state index is 12.8. The molecule has 4 rings (SSSR count). The first-order chi connectivity index (χ1) is 16.3. The molecule has 2 atom stereocenters. The molecule has 2 aromatic rings. The van der Waals surface area contributed by atoms with E-state index in [9.17, 15) is 13.2 Å². The minimum Gasteiger partial charge on any atom is -0.493 e. The third-order valence-electron chi connectivity index (χ3n) is 4.68. The molecule has 184 valence electrons. The van der Waals surface area contributed by atoms with Crippen molar-refractivity contribution in [2.75, 3.05) is 26.4 Å². The lowest BCUT2D eigenvalue weighted by atomic mass is 10.2. The van der Waals surface area contributed by atoms with Gasteiger partial charge in [0.05, 0.1) is 30.3 Å². The first kappa shape index (κ1) is 25.3. The second kappa shape index (κ2) is 12.2. The van der Waals surface area contributed by atoms with E-state index in [4.69, 9.17) is 42.0 Å². The largest absolute Gasteiger partial charge is 0.493 e. The highest BCUT2D eigenvalue weighted by Gasteiger charge is 2.17. The van der Waals surface area contributed by atoms with Crippen LogP contribution in [0.25, 0.3) is 0 Å². The number of hydrogen-bond donors (Lipinski definition) is 2. The van der Waals surface area contributed by atoms with Gasteiger partial charge in [0.1, 0.15) is 30.5 Å². The molecule has 0 unspecified atom stereocenters. The lowest BCUT2D eigenvalue weighted by Gasteiger charge is -2.09. The van der Waals surface area contributed by atoms with Gasteiger partial charge in [0.25, 0.3) is 12.0 Å². The molecule has 2 aliphatic heterocycles. The van der Waals surface area contributed by atoms with E-state index in [0.29, 0.717) is 50.8 Å². The predicted octanol–water partition coefficient (Wildman–Crippen LogP) is 3.41. The molecule has 0 fully saturated rings. The molecule has 8 nitrogen and oxygen atoms in total. The van der Waals surface area contributed by atoms with Gasteiger partial charge in [-0.25, -0.2) is 23.2 Å². The molecule has 0 radical (unpaired) electrons. The van der Waals surface area contributed by atoms with Gasteiger partial charge in [-0.3, -0.25) is 0 Å². The second-order valence-corrected chi connectivity index (χ2v) is 7.70. The quantitative estimate of drug-likeness (QED) is 0.574. The molecule has 0 spiro atoms. The molecule has 0 bridgehead atoms. The van der Waals surface area contributed by atoms with Crippen molar-refractivity contribution < 1.29 is 32.1 Å². The van der Waals surface area contributed by atoms with Crippen molar-refractivity contribution in [3.63, 3.8) is 0 Å². The van der Waals surface area contributed by atoms with Crippen LogP contribution in [0.1, 0.15) is 12.8 Å². The van der Waals surface area contributed by atoms with E-state index < -0.39 is 11.6 Å². The van der Waals surface area contributed by atoms with Crippen LogP contribution in [0.4, 0.5) is 13.2 Å².